The first-order valence-electron chi connectivity index (χ1n) is 12.0. The monoisotopic (exact) mass is 530 g/mol. The Kier molecular flexibility index (Phi) is 7.35. The minimum atomic E-state index is -4.96. The van der Waals surface area contributed by atoms with Crippen molar-refractivity contribution in [1.82, 2.24) is 10.6 Å². The number of carbonyl (C=O) groups is 1. The molecule has 2 aromatic carbocycles. The van der Waals surface area contributed by atoms with E-state index in [4.69, 9.17) is 4.74 Å². The molecule has 0 aromatic heterocycles. The van der Waals surface area contributed by atoms with Gasteiger partial charge in [-0.3, -0.25) is 4.79 Å². The minimum absolute atomic E-state index is 0.0653. The molecule has 202 valence electrons. The molecule has 0 radical (unpaired) electrons. The van der Waals surface area contributed by atoms with Gasteiger partial charge in [0, 0.05) is 12.6 Å². The molecule has 2 fully saturated rings. The predicted octanol–water partition coefficient (Wildman–Crippen LogP) is 5.09. The number of nitrogens with one attached hydrogen (secondary N) is 2. The molecule has 2 aromatic rings. The fourth-order valence-corrected chi connectivity index (χ4v) is 4.44. The largest absolute Gasteiger partial charge is 0.416 e. The molecule has 1 amide bonds. The number of hydrogen-bond acceptors (Lipinski definition) is 4. The number of piperidine rings is 1. The number of rotatable bonds is 7. The normalized spacial score (nSPS) is 25.5. The number of benzene rings is 2. The van der Waals surface area contributed by atoms with Crippen molar-refractivity contribution in [1.29, 1.82) is 0 Å². The summed E-state index contributed by atoms with van der Waals surface area (Å²) < 4.78 is 85.7. The number of carbonyl (C=O) groups excluding carboxylic acids is 1. The zero-order valence-corrected chi connectivity index (χ0v) is 20.0. The van der Waals surface area contributed by atoms with Crippen LogP contribution in [0.25, 0.3) is 0 Å². The van der Waals surface area contributed by atoms with E-state index in [-0.39, 0.29) is 43.7 Å². The van der Waals surface area contributed by atoms with Gasteiger partial charge in [0.2, 0.25) is 0 Å². The zero-order chi connectivity index (χ0) is 27.1. The molecule has 1 aliphatic carbocycles. The van der Waals surface area contributed by atoms with Gasteiger partial charge >= 0.3 is 12.4 Å². The molecule has 2 unspecified atom stereocenters. The Balaban J connectivity index is 1.55. The summed E-state index contributed by atoms with van der Waals surface area (Å²) in [7, 11) is 0. The van der Waals surface area contributed by atoms with Crippen LogP contribution in [0.2, 0.25) is 0 Å². The first-order valence-corrected chi connectivity index (χ1v) is 12.0. The smallest absolute Gasteiger partial charge is 0.379 e. The summed E-state index contributed by atoms with van der Waals surface area (Å²) in [6.07, 6.45) is -8.97. The van der Waals surface area contributed by atoms with Crippen LogP contribution in [0.5, 0.6) is 0 Å². The molecule has 1 aliphatic heterocycles. The lowest BCUT2D eigenvalue weighted by atomic mass is 9.77. The van der Waals surface area contributed by atoms with E-state index in [9.17, 15) is 36.2 Å². The Bertz CT molecular complexity index is 1080. The third kappa shape index (κ3) is 6.27. The average molecular weight is 531 g/mol. The summed E-state index contributed by atoms with van der Waals surface area (Å²) >= 11 is 0. The molecule has 5 nitrogen and oxygen atoms in total. The van der Waals surface area contributed by atoms with Crippen LogP contribution < -0.4 is 10.6 Å². The molecule has 3 N–H and O–H groups in total. The second-order valence-corrected chi connectivity index (χ2v) is 9.87. The first-order chi connectivity index (χ1) is 17.2. The maximum atomic E-state index is 13.3. The van der Waals surface area contributed by atoms with Gasteiger partial charge in [-0.25, -0.2) is 0 Å². The molecule has 11 heteroatoms. The van der Waals surface area contributed by atoms with Gasteiger partial charge in [-0.2, -0.15) is 26.3 Å². The highest BCUT2D eigenvalue weighted by molar-refractivity contribution is 5.86. The highest BCUT2D eigenvalue weighted by atomic mass is 19.4. The molecule has 1 saturated carbocycles. The molecule has 0 bridgehead atoms. The second kappa shape index (κ2) is 9.92. The quantitative estimate of drug-likeness (QED) is 0.437. The first kappa shape index (κ1) is 27.4. The number of aliphatic hydroxyl groups is 1. The molecular formula is C26H28F6N2O3. The van der Waals surface area contributed by atoms with Crippen LogP contribution in [0.4, 0.5) is 26.3 Å². The van der Waals surface area contributed by atoms with Crippen LogP contribution in [0, 0.1) is 0 Å². The van der Waals surface area contributed by atoms with Gasteiger partial charge in [0.1, 0.15) is 0 Å². The van der Waals surface area contributed by atoms with Crippen LogP contribution >= 0.6 is 0 Å². The van der Waals surface area contributed by atoms with Gasteiger partial charge in [0.25, 0.3) is 5.91 Å². The number of hydrogen-bond donors (Lipinski definition) is 3. The molecule has 0 spiro atoms. The van der Waals surface area contributed by atoms with E-state index in [1.54, 1.807) is 18.2 Å². The maximum absolute atomic E-state index is 13.3. The summed E-state index contributed by atoms with van der Waals surface area (Å²) in [5.74, 6) is -0.470. The lowest BCUT2D eigenvalue weighted by molar-refractivity contribution is -0.145. The lowest BCUT2D eigenvalue weighted by Crippen LogP contribution is -2.63. The fraction of sp³-hybridized carbons (Fsp3) is 0.500. The van der Waals surface area contributed by atoms with Crippen molar-refractivity contribution >= 4 is 5.91 Å². The third-order valence-electron chi connectivity index (χ3n) is 7.01. The van der Waals surface area contributed by atoms with Gasteiger partial charge in [-0.05, 0) is 61.9 Å². The Labute approximate surface area is 210 Å². The Morgan fingerprint density at radius 2 is 1.65 bits per heavy atom. The summed E-state index contributed by atoms with van der Waals surface area (Å²) in [5.41, 5.74) is -4.89. The number of amides is 1. The third-order valence-corrected chi connectivity index (χ3v) is 7.01. The maximum Gasteiger partial charge on any atom is 0.416 e. The van der Waals surface area contributed by atoms with Crippen molar-refractivity contribution in [3.8, 4) is 0 Å². The van der Waals surface area contributed by atoms with E-state index >= 15 is 0 Å². The lowest BCUT2D eigenvalue weighted by Gasteiger charge is -2.45. The van der Waals surface area contributed by atoms with E-state index < -0.39 is 46.6 Å². The minimum Gasteiger partial charge on any atom is -0.379 e. The number of alkyl halides is 6. The highest BCUT2D eigenvalue weighted by Gasteiger charge is 2.48. The summed E-state index contributed by atoms with van der Waals surface area (Å²) in [6, 6.07) is 10.4. The molecule has 3 atom stereocenters. The van der Waals surface area contributed by atoms with Crippen LogP contribution in [0.1, 0.15) is 61.0 Å². The van der Waals surface area contributed by atoms with Gasteiger partial charge in [-0.1, -0.05) is 30.3 Å². The average Bonchev–Trinajstić information content (AvgIpc) is 3.67. The molecular weight excluding hydrogens is 502 g/mol. The highest BCUT2D eigenvalue weighted by Crippen LogP contribution is 2.40. The van der Waals surface area contributed by atoms with Crippen LogP contribution in [-0.2, 0) is 27.4 Å². The zero-order valence-electron chi connectivity index (χ0n) is 20.0. The summed E-state index contributed by atoms with van der Waals surface area (Å²) in [5, 5.41) is 16.9. The topological polar surface area (TPSA) is 70.6 Å². The van der Waals surface area contributed by atoms with E-state index in [0.717, 1.165) is 18.4 Å². The Morgan fingerprint density at radius 1 is 1.05 bits per heavy atom. The molecule has 1 heterocycles. The number of β-amino-alcohol motifs (C(OH)–C–C–N with tert-alkyl or cyclic N) is 1. The Hall–Kier alpha value is -2.63. The fourth-order valence-electron chi connectivity index (χ4n) is 4.44. The van der Waals surface area contributed by atoms with Gasteiger partial charge in [0.15, 0.2) is 5.60 Å². The van der Waals surface area contributed by atoms with Crippen LogP contribution in [0.15, 0.2) is 48.5 Å². The van der Waals surface area contributed by atoms with E-state index in [2.05, 4.69) is 10.6 Å². The van der Waals surface area contributed by atoms with Crippen molar-refractivity contribution in [2.75, 3.05) is 13.2 Å². The predicted molar refractivity (Wildman–Crippen MR) is 122 cm³/mol. The summed E-state index contributed by atoms with van der Waals surface area (Å²) in [4.78, 5) is 12.6. The van der Waals surface area contributed by atoms with E-state index in [1.807, 2.05) is 12.1 Å². The van der Waals surface area contributed by atoms with Crippen molar-refractivity contribution in [3.63, 3.8) is 0 Å². The van der Waals surface area contributed by atoms with Gasteiger partial charge < -0.3 is 20.5 Å². The van der Waals surface area contributed by atoms with Crippen molar-refractivity contribution in [3.05, 3.63) is 70.8 Å². The molecule has 4 rings (SSSR count). The standard InChI is InChI=1S/C26H28F6N2O3/c1-16(17-11-19(25(27,28)29)13-20(12-17)26(30,31)32)37-15-23(18-5-3-2-4-6-18)9-10-24(36,14-33-23)22(35)34-21-7-8-21/h2-6,11-13,16,21,33,36H,7-10,14-15H2,1H3,(H,34,35)/t16?,23-,24?/m1/s1. The number of halogens is 6. The molecule has 2 aliphatic rings. The SMILES string of the molecule is CC(OC[C@@]1(c2ccccc2)CCC(O)(C(=O)NC2CC2)CN1)c1cc(C(F)(F)F)cc(C(F)(F)F)c1. The van der Waals surface area contributed by atoms with Crippen molar-refractivity contribution in [2.45, 2.75) is 68.2 Å². The van der Waals surface area contributed by atoms with Crippen LogP contribution in [-0.4, -0.2) is 35.8 Å². The number of ether oxygens (including phenoxy) is 1. The second-order valence-electron chi connectivity index (χ2n) is 9.87. The summed E-state index contributed by atoms with van der Waals surface area (Å²) in [6.45, 7) is 1.17. The van der Waals surface area contributed by atoms with Crippen LogP contribution in [0.3, 0.4) is 0 Å². The molecule has 1 saturated heterocycles. The van der Waals surface area contributed by atoms with E-state index in [0.29, 0.717) is 12.1 Å². The van der Waals surface area contributed by atoms with Crippen molar-refractivity contribution < 1.29 is 41.0 Å². The molecule has 37 heavy (non-hydrogen) atoms. The van der Waals surface area contributed by atoms with Gasteiger partial charge in [0.05, 0.1) is 29.4 Å². The van der Waals surface area contributed by atoms with E-state index in [1.165, 1.54) is 6.92 Å². The Morgan fingerprint density at radius 3 is 2.14 bits per heavy atom. The van der Waals surface area contributed by atoms with Crippen molar-refractivity contribution in [2.24, 2.45) is 0 Å². The van der Waals surface area contributed by atoms with Gasteiger partial charge in [-0.15, -0.1) is 0 Å².